The zero-order valence-corrected chi connectivity index (χ0v) is 87.0. The Bertz CT molecular complexity index is 4160. The van der Waals surface area contributed by atoms with Gasteiger partial charge in [0.25, 0.3) is 11.8 Å². The van der Waals surface area contributed by atoms with Crippen LogP contribution in [0.4, 0.5) is 0 Å². The summed E-state index contributed by atoms with van der Waals surface area (Å²) in [6, 6.07) is 35.0. The Hall–Kier alpha value is -9.95. The zero-order valence-electron chi connectivity index (χ0n) is 87.3. The Balaban J connectivity index is 0.00000158. The van der Waals surface area contributed by atoms with Crippen molar-refractivity contribution in [3.63, 3.8) is 0 Å². The first-order chi connectivity index (χ1) is 67.7. The number of benzene rings is 5. The van der Waals surface area contributed by atoms with Crippen LogP contribution in [0, 0.1) is 83.8 Å². The summed E-state index contributed by atoms with van der Waals surface area (Å²) < 4.78 is 36.5. The lowest BCUT2D eigenvalue weighted by molar-refractivity contribution is -0.151. The number of nitrogens with two attached hydrogens (primary N) is 1. The summed E-state index contributed by atoms with van der Waals surface area (Å²) in [6.07, 6.45) is 33.3. The molecular weight excluding hydrogens is 1800 g/mol. The van der Waals surface area contributed by atoms with Gasteiger partial charge >= 0.3 is 47.8 Å². The van der Waals surface area contributed by atoms with Crippen molar-refractivity contribution in [3.8, 4) is 12.8 Å². The van der Waals surface area contributed by atoms with E-state index in [2.05, 4.69) is 47.3 Å². The maximum absolute atomic E-state index is 12.5. The second kappa shape index (κ2) is 77.7. The third kappa shape index (κ3) is 49.6. The van der Waals surface area contributed by atoms with Crippen molar-refractivity contribution in [1.82, 2.24) is 4.90 Å². The summed E-state index contributed by atoms with van der Waals surface area (Å²) in [4.78, 5) is 117. The fraction of sp³-hybridized carbons (Fsp3) is 0.593. The quantitative estimate of drug-likeness (QED) is 0.00778. The number of imide groups is 1. The molecule has 5 atom stereocenters. The average molecular weight is 1980 g/mol. The number of aliphatic hydroxyl groups is 6. The van der Waals surface area contributed by atoms with Gasteiger partial charge in [-0.1, -0.05) is 188 Å². The molecule has 6 aliphatic rings. The van der Waals surface area contributed by atoms with Crippen molar-refractivity contribution in [2.45, 2.75) is 268 Å². The number of hydrogen-bond donors (Lipinski definition) is 9. The summed E-state index contributed by atoms with van der Waals surface area (Å²) in [5.41, 5.74) is 11.3. The molecule has 5 aliphatic carbocycles. The Morgan fingerprint density at radius 1 is 0.436 bits per heavy atom. The van der Waals surface area contributed by atoms with Gasteiger partial charge in [0, 0.05) is 57.6 Å². The highest BCUT2D eigenvalue weighted by atomic mass is 35.5. The van der Waals surface area contributed by atoms with Gasteiger partial charge in [-0.15, -0.1) is 12.8 Å². The number of terminal acetylenes is 1. The lowest BCUT2D eigenvalue weighted by Gasteiger charge is -2.32. The van der Waals surface area contributed by atoms with E-state index in [0.29, 0.717) is 134 Å². The first kappa shape index (κ1) is 128. The van der Waals surface area contributed by atoms with Gasteiger partial charge in [0.05, 0.1) is 96.5 Å². The second-order valence-corrected chi connectivity index (χ2v) is 36.6. The van der Waals surface area contributed by atoms with Crippen LogP contribution in [0.15, 0.2) is 134 Å². The molecule has 0 aromatic heterocycles. The number of carbonyl (C=O) groups is 10. The van der Waals surface area contributed by atoms with Crippen molar-refractivity contribution < 1.29 is 119 Å². The van der Waals surface area contributed by atoms with E-state index in [1.165, 1.54) is 11.3 Å². The summed E-state index contributed by atoms with van der Waals surface area (Å²) in [7, 11) is 1.00. The zero-order chi connectivity index (χ0) is 106. The molecule has 140 heavy (non-hydrogen) atoms. The average Bonchev–Trinajstić information content (AvgIpc) is 1.61. The number of halogens is 1. The van der Waals surface area contributed by atoms with Crippen LogP contribution < -0.4 is 5.73 Å². The van der Waals surface area contributed by atoms with Crippen LogP contribution in [0.2, 0.25) is 5.02 Å². The molecule has 5 aromatic carbocycles. The molecule has 10 N–H and O–H groups in total. The minimum absolute atomic E-state index is 0.00399. The number of carbonyl (C=O) groups excluding carboxylic acids is 8. The van der Waals surface area contributed by atoms with Crippen LogP contribution in [-0.2, 0) is 57.8 Å². The Morgan fingerprint density at radius 2 is 0.721 bits per heavy atom. The highest BCUT2D eigenvalue weighted by molar-refractivity contribution is 6.30. The number of esters is 6. The van der Waals surface area contributed by atoms with Crippen LogP contribution in [0.25, 0.3) is 12.2 Å². The molecule has 5 aromatic rings. The molecule has 0 saturated heterocycles. The third-order valence-electron chi connectivity index (χ3n) is 25.4. The molecule has 27 heteroatoms. The van der Waals surface area contributed by atoms with Crippen molar-refractivity contribution in [3.05, 3.63) is 190 Å². The van der Waals surface area contributed by atoms with Crippen molar-refractivity contribution in [1.29, 1.82) is 0 Å². The standard InChI is InChI=1S/C21H27NO4.C13H25NO2.2C13H24O3.C13H18O3.C12H14O2.C10H9ClO2.C9H8O2.2C3H8O.C2H2.CH4O/c1-3-12-26-21(25)16-10-8-15(9-11-16)14(2)13-22-19(23)17-6-4-5-7-18(17)20(22)24;4*1-3-8-16-13(15)12-6-4-11(5-7-12)10(2)9-14;1-3-9-14-12(13)11-7-5-10(4-2)6-8-11;11-8-3-1-7(2-4-8)10(5-6-10)9(12)13;1-2-7-3-5-8(6-4-7)9(10)11;2*1-2-3-4;2*1-2/h4-7,14-16H,3,8-13H2,1-2H3;10-12H,3-9,14H2,1-2H3;2*10-12,14H,3-9H2,1-2H3;4-7,10,14H,3,8-9H2,1-2H3;4-8H,2-3,9H2,1H3;1-4H,5-6H2,(H,12,13);2-6H,1H2,(H,10,11);2*4H,2-3H2,1H3;1-2H;2H,1H3/i;;;;;;;;;;1D;. The molecular formula is C113H171ClN2O24. The molecule has 0 bridgehead atoms. The van der Waals surface area contributed by atoms with Gasteiger partial charge in [-0.3, -0.25) is 38.5 Å². The Labute approximate surface area is 842 Å². The minimum Gasteiger partial charge on any atom is -0.481 e. The molecule has 0 spiro atoms. The summed E-state index contributed by atoms with van der Waals surface area (Å²) in [6.45, 7) is 39.0. The van der Waals surface area contributed by atoms with E-state index in [9.17, 15) is 47.9 Å². The van der Waals surface area contributed by atoms with Crippen molar-refractivity contribution >= 4 is 83.3 Å². The highest BCUT2D eigenvalue weighted by Gasteiger charge is 2.51. The van der Waals surface area contributed by atoms with Crippen LogP contribution >= 0.6 is 11.6 Å². The summed E-state index contributed by atoms with van der Waals surface area (Å²) >= 11 is 5.71. The van der Waals surface area contributed by atoms with E-state index in [0.717, 1.165) is 203 Å². The molecule has 784 valence electrons. The number of hydrogen-bond acceptors (Lipinski definition) is 23. The maximum Gasteiger partial charge on any atom is 0.338 e. The highest BCUT2D eigenvalue weighted by Crippen LogP contribution is 2.49. The number of amides is 2. The lowest BCUT2D eigenvalue weighted by Crippen LogP contribution is -2.37. The number of nitrogens with zero attached hydrogens (tertiary/aromatic N) is 1. The van der Waals surface area contributed by atoms with Crippen LogP contribution in [0.1, 0.15) is 338 Å². The predicted molar refractivity (Wildman–Crippen MR) is 554 cm³/mol. The SMILES string of the molecule is C=Cc1ccc(C(=O)O)cc1.C=Cc1ccc(C(=O)OCCC)cc1.CCCO.CCCO.CCCOC(=O)C1CCC(C(C)CN)CC1.CCCOC(=O)C1CCC(C(C)CN2C(=O)c3ccccc3C2=O)CC1.CCCOC(=O)C1CCC(C(C)CO)CC1.CCCOC(=O)C1CCC(C(C)CO)CC1.CCCOC(=O)c1ccc(C(C)CO)cc1.CO.O=C(O)C1(c2ccc(Cl)cc2)CC1.[2H]C#C. The number of carboxylic acids is 2. The number of aliphatic carboxylic acids is 1. The second-order valence-electron chi connectivity index (χ2n) is 36.2. The minimum atomic E-state index is -0.902. The first-order valence-corrected chi connectivity index (χ1v) is 50.9. The maximum atomic E-state index is 12.5. The summed E-state index contributed by atoms with van der Waals surface area (Å²) in [5, 5.41) is 68.1. The molecule has 11 rings (SSSR count). The van der Waals surface area contributed by atoms with E-state index >= 15 is 0 Å². The largest absolute Gasteiger partial charge is 0.481 e. The lowest BCUT2D eigenvalue weighted by atomic mass is 9.76. The van der Waals surface area contributed by atoms with E-state index in [1.807, 2.05) is 86.6 Å². The molecule has 1 aliphatic heterocycles. The van der Waals surface area contributed by atoms with Gasteiger partial charge in [0.1, 0.15) is 1.37 Å². The molecule has 5 saturated carbocycles. The first-order valence-electron chi connectivity index (χ1n) is 51.0. The van der Waals surface area contributed by atoms with Crippen LogP contribution in [0.5, 0.6) is 0 Å². The topological polar surface area (TPSA) is 417 Å². The molecule has 2 amide bonds. The summed E-state index contributed by atoms with van der Waals surface area (Å²) in [5.74, 6) is 1.67. The normalized spacial score (nSPS) is 19.1. The third-order valence-corrected chi connectivity index (χ3v) is 25.6. The van der Waals surface area contributed by atoms with Crippen LogP contribution in [0.3, 0.4) is 0 Å². The number of fused-ring (bicyclic) bond motifs is 1. The number of aliphatic hydroxyl groups excluding tert-OH is 6. The fourth-order valence-corrected chi connectivity index (χ4v) is 16.1. The van der Waals surface area contributed by atoms with Gasteiger partial charge in [-0.2, -0.15) is 0 Å². The molecule has 5 unspecified atom stereocenters. The molecule has 0 radical (unpaired) electrons. The van der Waals surface area contributed by atoms with Gasteiger partial charge < -0.3 is 75.0 Å². The monoisotopic (exact) mass is 1980 g/mol. The van der Waals surface area contributed by atoms with Gasteiger partial charge in [0.2, 0.25) is 0 Å². The number of ether oxygens (including phenoxy) is 6. The van der Waals surface area contributed by atoms with Crippen molar-refractivity contribution in [2.24, 2.45) is 76.7 Å². The van der Waals surface area contributed by atoms with Gasteiger partial charge in [-0.05, 0) is 304 Å². The number of aromatic carboxylic acids is 1. The molecule has 26 nitrogen and oxygen atoms in total. The molecule has 1 heterocycles. The number of rotatable bonds is 36. The smallest absolute Gasteiger partial charge is 0.338 e. The van der Waals surface area contributed by atoms with Crippen molar-refractivity contribution in [2.75, 3.05) is 92.9 Å². The van der Waals surface area contributed by atoms with Crippen LogP contribution in [-0.4, -0.2) is 198 Å². The predicted octanol–water partition coefficient (Wildman–Crippen LogP) is 21.1. The number of carboxylic acid groups (broad SMARTS) is 2. The van der Waals surface area contributed by atoms with E-state index in [-0.39, 0.29) is 103 Å². The van der Waals surface area contributed by atoms with Gasteiger partial charge in [-0.25, -0.2) is 14.4 Å². The van der Waals surface area contributed by atoms with E-state index in [4.69, 9.17) is 88.0 Å². The van der Waals surface area contributed by atoms with E-state index < -0.39 is 17.4 Å². The van der Waals surface area contributed by atoms with Gasteiger partial charge in [0.15, 0.2) is 0 Å². The van der Waals surface area contributed by atoms with E-state index in [1.54, 1.807) is 109 Å². The Kier molecular flexibility index (Phi) is 71.0. The Morgan fingerprint density at radius 3 is 0.979 bits per heavy atom. The molecule has 5 fully saturated rings. The fourth-order valence-electron chi connectivity index (χ4n) is 16.0.